The zero-order valence-electron chi connectivity index (χ0n) is 18.7. The molecule has 2 aromatic rings. The number of thioether (sulfide) groups is 1. The van der Waals surface area contributed by atoms with Crippen LogP contribution in [0.4, 0.5) is 11.4 Å². The number of rotatable bonds is 5. The number of anilines is 2. The van der Waals surface area contributed by atoms with Crippen molar-refractivity contribution in [3.05, 3.63) is 53.6 Å². The smallest absolute Gasteiger partial charge is 0.262 e. The highest BCUT2D eigenvalue weighted by Gasteiger charge is 2.33. The van der Waals surface area contributed by atoms with Crippen LogP contribution in [0.1, 0.15) is 41.6 Å². The number of nitrogens with zero attached hydrogens (tertiary/aromatic N) is 2. The van der Waals surface area contributed by atoms with E-state index in [0.717, 1.165) is 48.8 Å². The van der Waals surface area contributed by atoms with E-state index < -0.39 is 5.25 Å². The van der Waals surface area contributed by atoms with Gasteiger partial charge in [-0.2, -0.15) is 4.99 Å². The van der Waals surface area contributed by atoms with Crippen molar-refractivity contribution in [3.63, 3.8) is 0 Å². The number of amides is 3. The van der Waals surface area contributed by atoms with E-state index in [1.807, 2.05) is 18.2 Å². The molecule has 9 heteroatoms. The largest absolute Gasteiger partial charge is 0.493 e. The van der Waals surface area contributed by atoms with Gasteiger partial charge < -0.3 is 20.3 Å². The Morgan fingerprint density at radius 1 is 1.06 bits per heavy atom. The lowest BCUT2D eigenvalue weighted by Crippen LogP contribution is -2.33. The maximum Gasteiger partial charge on any atom is 0.262 e. The maximum atomic E-state index is 12.7. The van der Waals surface area contributed by atoms with Gasteiger partial charge in [-0.15, -0.1) is 0 Å². The Kier molecular flexibility index (Phi) is 6.53. The molecule has 1 atom stereocenters. The van der Waals surface area contributed by atoms with Gasteiger partial charge in [-0.1, -0.05) is 17.8 Å². The summed E-state index contributed by atoms with van der Waals surface area (Å²) in [6.07, 6.45) is 4.27. The van der Waals surface area contributed by atoms with Gasteiger partial charge in [-0.05, 0) is 61.2 Å². The number of hydrogen-bond acceptors (Lipinski definition) is 6. The fraction of sp³-hybridized carbons (Fsp3) is 0.360. The van der Waals surface area contributed by atoms with Gasteiger partial charge in [0.1, 0.15) is 11.0 Å². The standard InChI is InChI=1S/C25H26N4O4S/c30-22(15-21-24(32)28-25(34-21)29-10-2-1-3-11-29)26-18-6-4-5-17(14-18)23(31)27-19-7-8-20-16(13-19)9-12-33-20/h4-8,13-14,21H,1-3,9-12,15H2,(H,26,30)(H,27,31). The average molecular weight is 479 g/mol. The van der Waals surface area contributed by atoms with Crippen molar-refractivity contribution in [1.82, 2.24) is 4.90 Å². The average Bonchev–Trinajstić information content (AvgIpc) is 3.46. The fourth-order valence-corrected chi connectivity index (χ4v) is 5.43. The van der Waals surface area contributed by atoms with E-state index in [1.54, 1.807) is 24.3 Å². The first-order chi connectivity index (χ1) is 16.5. The molecule has 34 heavy (non-hydrogen) atoms. The van der Waals surface area contributed by atoms with Crippen LogP contribution in [0.15, 0.2) is 47.5 Å². The number of hydrogen-bond donors (Lipinski definition) is 2. The number of amidine groups is 1. The normalized spacial score (nSPS) is 19.3. The van der Waals surface area contributed by atoms with Crippen molar-refractivity contribution in [3.8, 4) is 5.75 Å². The molecule has 3 amide bonds. The number of fused-ring (bicyclic) bond motifs is 1. The lowest BCUT2D eigenvalue weighted by Gasteiger charge is -2.27. The van der Waals surface area contributed by atoms with Crippen LogP contribution in [0.25, 0.3) is 0 Å². The minimum atomic E-state index is -0.507. The molecule has 0 saturated carbocycles. The first kappa shape index (κ1) is 22.5. The highest BCUT2D eigenvalue weighted by molar-refractivity contribution is 8.15. The van der Waals surface area contributed by atoms with Crippen LogP contribution < -0.4 is 15.4 Å². The molecular weight excluding hydrogens is 452 g/mol. The second kappa shape index (κ2) is 9.89. The highest BCUT2D eigenvalue weighted by Crippen LogP contribution is 2.30. The van der Waals surface area contributed by atoms with Gasteiger partial charge in [0.25, 0.3) is 11.8 Å². The molecule has 0 aliphatic carbocycles. The van der Waals surface area contributed by atoms with Crippen molar-refractivity contribution in [2.45, 2.75) is 37.4 Å². The first-order valence-electron chi connectivity index (χ1n) is 11.6. The van der Waals surface area contributed by atoms with Crippen molar-refractivity contribution in [2.75, 3.05) is 30.3 Å². The topological polar surface area (TPSA) is 100 Å². The van der Waals surface area contributed by atoms with E-state index in [0.29, 0.717) is 23.5 Å². The van der Waals surface area contributed by atoms with Crippen LogP contribution in [-0.4, -0.2) is 52.7 Å². The molecule has 1 fully saturated rings. The van der Waals surface area contributed by atoms with Crippen molar-refractivity contribution < 1.29 is 19.1 Å². The lowest BCUT2D eigenvalue weighted by molar-refractivity contribution is -0.121. The Morgan fingerprint density at radius 2 is 1.88 bits per heavy atom. The zero-order valence-corrected chi connectivity index (χ0v) is 19.5. The number of carbonyl (C=O) groups excluding carboxylic acids is 3. The molecule has 0 bridgehead atoms. The van der Waals surface area contributed by atoms with Gasteiger partial charge in [-0.25, -0.2) is 0 Å². The predicted octanol–water partition coefficient (Wildman–Crippen LogP) is 3.69. The van der Waals surface area contributed by atoms with Crippen LogP contribution in [0.5, 0.6) is 5.75 Å². The third kappa shape index (κ3) is 5.09. The molecule has 3 heterocycles. The van der Waals surface area contributed by atoms with Crippen molar-refractivity contribution in [1.29, 1.82) is 0 Å². The zero-order chi connectivity index (χ0) is 23.5. The summed E-state index contributed by atoms with van der Waals surface area (Å²) in [7, 11) is 0. The van der Waals surface area contributed by atoms with E-state index in [-0.39, 0.29) is 24.1 Å². The van der Waals surface area contributed by atoms with Gasteiger partial charge in [-0.3, -0.25) is 14.4 Å². The van der Waals surface area contributed by atoms with Crippen LogP contribution in [0.3, 0.4) is 0 Å². The van der Waals surface area contributed by atoms with Gasteiger partial charge in [0.15, 0.2) is 5.17 Å². The Balaban J connectivity index is 1.16. The van der Waals surface area contributed by atoms with Gasteiger partial charge in [0, 0.05) is 42.9 Å². The van der Waals surface area contributed by atoms with Crippen LogP contribution in [0, 0.1) is 0 Å². The summed E-state index contributed by atoms with van der Waals surface area (Å²) in [4.78, 5) is 44.0. The first-order valence-corrected chi connectivity index (χ1v) is 12.4. The van der Waals surface area contributed by atoms with E-state index in [2.05, 4.69) is 20.5 Å². The van der Waals surface area contributed by atoms with Gasteiger partial charge in [0.2, 0.25) is 5.91 Å². The summed E-state index contributed by atoms with van der Waals surface area (Å²) in [6.45, 7) is 2.48. The Bertz CT molecular complexity index is 1160. The number of likely N-dealkylation sites (tertiary alicyclic amines) is 1. The van der Waals surface area contributed by atoms with Gasteiger partial charge >= 0.3 is 0 Å². The summed E-state index contributed by atoms with van der Waals surface area (Å²) in [5.41, 5.74) is 2.71. The third-order valence-corrected chi connectivity index (χ3v) is 7.30. The molecular formula is C25H26N4O4S. The van der Waals surface area contributed by atoms with Crippen LogP contribution in [0.2, 0.25) is 0 Å². The lowest BCUT2D eigenvalue weighted by atomic mass is 10.1. The van der Waals surface area contributed by atoms with E-state index in [9.17, 15) is 14.4 Å². The minimum absolute atomic E-state index is 0.0396. The molecule has 8 nitrogen and oxygen atoms in total. The van der Waals surface area contributed by atoms with E-state index in [4.69, 9.17) is 4.74 Å². The quantitative estimate of drug-likeness (QED) is 0.680. The molecule has 3 aliphatic heterocycles. The van der Waals surface area contributed by atoms with E-state index in [1.165, 1.54) is 18.2 Å². The monoisotopic (exact) mass is 478 g/mol. The second-order valence-electron chi connectivity index (χ2n) is 8.60. The molecule has 2 N–H and O–H groups in total. The highest BCUT2D eigenvalue weighted by atomic mass is 32.2. The summed E-state index contributed by atoms with van der Waals surface area (Å²) in [5, 5.41) is 5.93. The SMILES string of the molecule is O=C(CC1SC(N2CCCCC2)=NC1=O)Nc1cccc(C(=O)Nc2ccc3c(c2)CCO3)c1. The molecule has 0 radical (unpaired) electrons. The molecule has 176 valence electrons. The predicted molar refractivity (Wildman–Crippen MR) is 133 cm³/mol. The molecule has 5 rings (SSSR count). The fourth-order valence-electron chi connectivity index (χ4n) is 4.32. The van der Waals surface area contributed by atoms with E-state index >= 15 is 0 Å². The third-order valence-electron chi connectivity index (χ3n) is 6.08. The number of carbonyl (C=O) groups is 3. The number of piperidine rings is 1. The molecule has 1 saturated heterocycles. The summed E-state index contributed by atoms with van der Waals surface area (Å²) < 4.78 is 5.50. The molecule has 0 aromatic heterocycles. The molecule has 0 spiro atoms. The minimum Gasteiger partial charge on any atom is -0.493 e. The summed E-state index contributed by atoms with van der Waals surface area (Å²) >= 11 is 1.37. The van der Waals surface area contributed by atoms with Crippen LogP contribution in [-0.2, 0) is 16.0 Å². The Labute approximate surface area is 202 Å². The van der Waals surface area contributed by atoms with Gasteiger partial charge in [0.05, 0.1) is 6.61 Å². The molecule has 2 aromatic carbocycles. The number of ether oxygens (including phenoxy) is 1. The second-order valence-corrected chi connectivity index (χ2v) is 9.76. The maximum absolute atomic E-state index is 12.7. The summed E-state index contributed by atoms with van der Waals surface area (Å²) in [5.74, 6) is 0.0526. The Morgan fingerprint density at radius 3 is 2.74 bits per heavy atom. The molecule has 1 unspecified atom stereocenters. The number of aliphatic imine (C=N–C) groups is 1. The molecule has 3 aliphatic rings. The van der Waals surface area contributed by atoms with Crippen LogP contribution >= 0.6 is 11.8 Å². The number of nitrogens with one attached hydrogen (secondary N) is 2. The van der Waals surface area contributed by atoms with Crippen molar-refractivity contribution in [2.24, 2.45) is 4.99 Å². The Hall–Kier alpha value is -3.33. The number of benzene rings is 2. The summed E-state index contributed by atoms with van der Waals surface area (Å²) in [6, 6.07) is 12.3. The van der Waals surface area contributed by atoms with Crippen molar-refractivity contribution >= 4 is 46.0 Å².